The fourth-order valence-corrected chi connectivity index (χ4v) is 6.83. The summed E-state index contributed by atoms with van der Waals surface area (Å²) in [4.78, 5) is 17.1. The van der Waals surface area contributed by atoms with Gasteiger partial charge in [-0.15, -0.1) is 0 Å². The van der Waals surface area contributed by atoms with E-state index in [-0.39, 0.29) is 38.9 Å². The minimum Gasteiger partial charge on any atom is -0.382 e. The minimum absolute atomic E-state index is 0.0848. The highest BCUT2D eigenvalue weighted by atomic mass is 32.2. The van der Waals surface area contributed by atoms with Crippen LogP contribution in [0.1, 0.15) is 59.8 Å². The number of aromatic nitrogens is 1. The van der Waals surface area contributed by atoms with Crippen LogP contribution in [0.5, 0.6) is 0 Å². The minimum atomic E-state index is -4.76. The number of nitriles is 1. The van der Waals surface area contributed by atoms with Gasteiger partial charge in [-0.05, 0) is 88.5 Å². The normalized spacial score (nSPS) is 15.9. The van der Waals surface area contributed by atoms with Gasteiger partial charge in [-0.1, -0.05) is 17.7 Å². The highest BCUT2D eigenvalue weighted by Crippen LogP contribution is 2.42. The van der Waals surface area contributed by atoms with Crippen molar-refractivity contribution in [3.63, 3.8) is 0 Å². The molecular formula is C30H33F3N4O3S. The number of carbonyl (C=O) groups is 1. The molecule has 0 spiro atoms. The SMILES string of the molecule is Cc1ccc(S(=O)(=O)n2c(C(=O)C(C#N)=CN(C)C)cc3cc(C4CCN(C(C)C)CC4)c(C(F)(F)F)cc32)cc1. The predicted octanol–water partition coefficient (Wildman–Crippen LogP) is 5.95. The van der Waals surface area contributed by atoms with Gasteiger partial charge < -0.3 is 9.80 Å². The second-order valence-electron chi connectivity index (χ2n) is 11.0. The molecule has 218 valence electrons. The van der Waals surface area contributed by atoms with Gasteiger partial charge in [-0.25, -0.2) is 12.4 Å². The lowest BCUT2D eigenvalue weighted by molar-refractivity contribution is -0.138. The summed E-state index contributed by atoms with van der Waals surface area (Å²) in [6.07, 6.45) is -2.47. The van der Waals surface area contributed by atoms with Crippen molar-refractivity contribution in [1.82, 2.24) is 13.8 Å². The van der Waals surface area contributed by atoms with Crippen molar-refractivity contribution in [1.29, 1.82) is 5.26 Å². The van der Waals surface area contributed by atoms with E-state index in [2.05, 4.69) is 4.90 Å². The number of hydrogen-bond acceptors (Lipinski definition) is 6. The van der Waals surface area contributed by atoms with E-state index < -0.39 is 33.2 Å². The van der Waals surface area contributed by atoms with Gasteiger partial charge in [0.2, 0.25) is 5.78 Å². The van der Waals surface area contributed by atoms with Crippen LogP contribution in [0.2, 0.25) is 0 Å². The van der Waals surface area contributed by atoms with Gasteiger partial charge in [0.1, 0.15) is 17.3 Å². The van der Waals surface area contributed by atoms with Crippen LogP contribution in [-0.2, 0) is 16.2 Å². The first-order chi connectivity index (χ1) is 19.1. The highest BCUT2D eigenvalue weighted by Gasteiger charge is 2.38. The fourth-order valence-electron chi connectivity index (χ4n) is 5.33. The van der Waals surface area contributed by atoms with Crippen molar-refractivity contribution < 1.29 is 26.4 Å². The van der Waals surface area contributed by atoms with Crippen LogP contribution in [-0.4, -0.2) is 61.2 Å². The second-order valence-corrected chi connectivity index (χ2v) is 12.7. The molecular weight excluding hydrogens is 553 g/mol. The zero-order chi connectivity index (χ0) is 30.3. The third-order valence-corrected chi connectivity index (χ3v) is 9.22. The molecule has 0 atom stereocenters. The molecule has 0 bridgehead atoms. The number of alkyl halides is 3. The van der Waals surface area contributed by atoms with E-state index in [9.17, 15) is 31.6 Å². The van der Waals surface area contributed by atoms with E-state index in [4.69, 9.17) is 0 Å². The molecule has 1 aliphatic heterocycles. The van der Waals surface area contributed by atoms with Gasteiger partial charge in [-0.3, -0.25) is 4.79 Å². The molecule has 0 saturated carbocycles. The van der Waals surface area contributed by atoms with Crippen molar-refractivity contribution in [3.05, 3.63) is 76.6 Å². The molecule has 1 aromatic heterocycles. The van der Waals surface area contributed by atoms with Gasteiger partial charge >= 0.3 is 6.18 Å². The van der Waals surface area contributed by atoms with Gasteiger partial charge in [-0.2, -0.15) is 18.4 Å². The lowest BCUT2D eigenvalue weighted by Gasteiger charge is -2.35. The number of ketones is 1. The number of hydrogen-bond donors (Lipinski definition) is 0. The monoisotopic (exact) mass is 586 g/mol. The van der Waals surface area contributed by atoms with Gasteiger partial charge in [0.15, 0.2) is 0 Å². The van der Waals surface area contributed by atoms with Crippen LogP contribution in [0.25, 0.3) is 10.9 Å². The van der Waals surface area contributed by atoms with Crippen LogP contribution >= 0.6 is 0 Å². The molecule has 4 rings (SSSR count). The van der Waals surface area contributed by atoms with Crippen LogP contribution in [0.3, 0.4) is 0 Å². The molecule has 2 aromatic carbocycles. The lowest BCUT2D eigenvalue weighted by Crippen LogP contribution is -2.38. The summed E-state index contributed by atoms with van der Waals surface area (Å²) >= 11 is 0. The fraction of sp³-hybridized carbons (Fsp3) is 0.400. The van der Waals surface area contributed by atoms with Crippen molar-refractivity contribution >= 4 is 26.7 Å². The Hall–Kier alpha value is -3.62. The number of allylic oxidation sites excluding steroid dienone is 1. The number of fused-ring (bicyclic) bond motifs is 1. The molecule has 11 heteroatoms. The van der Waals surface area contributed by atoms with E-state index in [0.717, 1.165) is 11.6 Å². The average Bonchev–Trinajstić information content (AvgIpc) is 3.30. The largest absolute Gasteiger partial charge is 0.416 e. The predicted molar refractivity (Wildman–Crippen MR) is 151 cm³/mol. The maximum absolute atomic E-state index is 14.5. The maximum atomic E-state index is 14.5. The molecule has 1 fully saturated rings. The molecule has 7 nitrogen and oxygen atoms in total. The zero-order valence-corrected chi connectivity index (χ0v) is 24.5. The van der Waals surface area contributed by atoms with E-state index in [1.807, 2.05) is 13.8 Å². The summed E-state index contributed by atoms with van der Waals surface area (Å²) < 4.78 is 72.1. The average molecular weight is 587 g/mol. The third-order valence-electron chi connectivity index (χ3n) is 7.48. The number of rotatable bonds is 7. The number of aryl methyl sites for hydroxylation is 1. The molecule has 0 unspecified atom stereocenters. The van der Waals surface area contributed by atoms with E-state index in [0.29, 0.717) is 29.9 Å². The summed E-state index contributed by atoms with van der Waals surface area (Å²) in [6.45, 7) is 7.15. The van der Waals surface area contributed by atoms with E-state index in [1.165, 1.54) is 35.4 Å². The Morgan fingerprint density at radius 3 is 2.22 bits per heavy atom. The van der Waals surface area contributed by atoms with E-state index >= 15 is 0 Å². The number of likely N-dealkylation sites (tertiary alicyclic amines) is 1. The first kappa shape index (κ1) is 30.3. The first-order valence-electron chi connectivity index (χ1n) is 13.3. The number of piperidine rings is 1. The Kier molecular flexibility index (Phi) is 8.39. The second kappa shape index (κ2) is 11.3. The third kappa shape index (κ3) is 6.04. The van der Waals surface area contributed by atoms with Gasteiger partial charge in [0.05, 0.1) is 16.0 Å². The number of benzene rings is 2. The Balaban J connectivity index is 2.00. The standard InChI is InChI=1S/C30H33F3N4O3S/c1-19(2)36-12-10-21(11-13-36)25-14-22-15-28(29(38)23(17-34)18-35(4)5)37(27(22)16-26(25)30(31,32)33)41(39,40)24-8-6-20(3)7-9-24/h6-9,14-16,18-19,21H,10-13H2,1-5H3. The summed E-state index contributed by atoms with van der Waals surface area (Å²) in [5.74, 6) is -1.29. The molecule has 0 radical (unpaired) electrons. The summed E-state index contributed by atoms with van der Waals surface area (Å²) in [6, 6.07) is 11.4. The number of Topliss-reactive ketones (excluding diaryl/α,β-unsaturated/α-hetero) is 1. The molecule has 1 aliphatic rings. The smallest absolute Gasteiger partial charge is 0.382 e. The molecule has 2 heterocycles. The van der Waals surface area contributed by atoms with Crippen molar-refractivity contribution in [2.24, 2.45) is 0 Å². The van der Waals surface area contributed by atoms with Crippen LogP contribution < -0.4 is 0 Å². The number of nitrogens with zero attached hydrogens (tertiary/aromatic N) is 4. The summed E-state index contributed by atoms with van der Waals surface area (Å²) in [5, 5.41) is 9.85. The van der Waals surface area contributed by atoms with Crippen LogP contribution in [0, 0.1) is 18.3 Å². The van der Waals surface area contributed by atoms with Crippen molar-refractivity contribution in [2.45, 2.75) is 56.6 Å². The highest BCUT2D eigenvalue weighted by molar-refractivity contribution is 7.90. The van der Waals surface area contributed by atoms with Gasteiger partial charge in [0.25, 0.3) is 10.0 Å². The van der Waals surface area contributed by atoms with Crippen molar-refractivity contribution in [2.75, 3.05) is 27.2 Å². The molecule has 1 saturated heterocycles. The molecule has 3 aromatic rings. The molecule has 0 N–H and O–H groups in total. The Labute approximate surface area is 238 Å². The van der Waals surface area contributed by atoms with E-state index in [1.54, 1.807) is 39.2 Å². The maximum Gasteiger partial charge on any atom is 0.416 e. The first-order valence-corrected chi connectivity index (χ1v) is 14.7. The molecule has 0 aliphatic carbocycles. The Bertz CT molecular complexity index is 1640. The molecule has 41 heavy (non-hydrogen) atoms. The number of halogens is 3. The number of carbonyl (C=O) groups excluding carboxylic acids is 1. The quantitative estimate of drug-likeness (QED) is 0.193. The Morgan fingerprint density at radius 2 is 1.71 bits per heavy atom. The zero-order valence-electron chi connectivity index (χ0n) is 23.7. The summed E-state index contributed by atoms with van der Waals surface area (Å²) in [5.41, 5.74) is -1.08. The topological polar surface area (TPSA) is 86.4 Å². The van der Waals surface area contributed by atoms with Crippen LogP contribution in [0.15, 0.2) is 59.1 Å². The van der Waals surface area contributed by atoms with Crippen molar-refractivity contribution in [3.8, 4) is 6.07 Å². The molecule has 0 amide bonds. The van der Waals surface area contributed by atoms with Crippen LogP contribution in [0.4, 0.5) is 13.2 Å². The summed E-state index contributed by atoms with van der Waals surface area (Å²) in [7, 11) is -1.34. The Morgan fingerprint density at radius 1 is 1.10 bits per heavy atom. The lowest BCUT2D eigenvalue weighted by atomic mass is 9.85. The van der Waals surface area contributed by atoms with Gasteiger partial charge in [0, 0.05) is 31.7 Å².